The van der Waals surface area contributed by atoms with E-state index < -0.39 is 0 Å². The summed E-state index contributed by atoms with van der Waals surface area (Å²) in [6.45, 7) is 10.0. The number of hydrogen-bond acceptors (Lipinski definition) is 4. The van der Waals surface area contributed by atoms with E-state index >= 15 is 0 Å². The fourth-order valence-electron chi connectivity index (χ4n) is 2.63. The van der Waals surface area contributed by atoms with Crippen molar-refractivity contribution < 1.29 is 0 Å². The zero-order valence-corrected chi connectivity index (χ0v) is 19.2. The first-order chi connectivity index (χ1) is 12.1. The Bertz CT molecular complexity index is 686. The number of aromatic nitrogens is 1. The monoisotopic (exact) mass is 487 g/mol. The molecule has 0 atom stereocenters. The summed E-state index contributed by atoms with van der Waals surface area (Å²) in [6, 6.07) is 8.64. The Morgan fingerprint density at radius 1 is 1.23 bits per heavy atom. The second-order valence-electron chi connectivity index (χ2n) is 5.96. The maximum absolute atomic E-state index is 4.39. The topological polar surface area (TPSA) is 52.5 Å². The molecule has 0 aliphatic rings. The number of likely N-dealkylation sites (N-methyl/N-ethyl adjacent to an activating group) is 1. The number of benzene rings is 1. The van der Waals surface area contributed by atoms with Crippen molar-refractivity contribution in [1.29, 1.82) is 0 Å². The van der Waals surface area contributed by atoms with E-state index in [0.717, 1.165) is 43.6 Å². The molecule has 0 spiro atoms. The summed E-state index contributed by atoms with van der Waals surface area (Å²) in [5.41, 5.74) is 2.56. The fourth-order valence-corrected chi connectivity index (χ4v) is 3.42. The van der Waals surface area contributed by atoms with Gasteiger partial charge in [0.05, 0.1) is 5.01 Å². The zero-order chi connectivity index (χ0) is 18.1. The summed E-state index contributed by atoms with van der Waals surface area (Å²) in [6.07, 6.45) is 2.85. The Balaban J connectivity index is 0.00000338. The normalized spacial score (nSPS) is 11.0. The summed E-state index contributed by atoms with van der Waals surface area (Å²) in [7, 11) is 1.81. The predicted octanol–water partition coefficient (Wildman–Crippen LogP) is 3.61. The minimum Gasteiger partial charge on any atom is -0.370 e. The van der Waals surface area contributed by atoms with Crippen LogP contribution in [0.15, 0.2) is 35.5 Å². The molecule has 2 rings (SSSR count). The molecule has 5 nitrogen and oxygen atoms in total. The van der Waals surface area contributed by atoms with E-state index in [4.69, 9.17) is 0 Å². The number of rotatable bonds is 8. The van der Waals surface area contributed by atoms with Crippen LogP contribution in [0.5, 0.6) is 0 Å². The molecule has 1 aromatic carbocycles. The predicted molar refractivity (Wildman–Crippen MR) is 124 cm³/mol. The van der Waals surface area contributed by atoms with Crippen LogP contribution in [0.1, 0.15) is 22.4 Å². The average molecular weight is 487 g/mol. The molecule has 144 valence electrons. The average Bonchev–Trinajstić information content (AvgIpc) is 3.02. The van der Waals surface area contributed by atoms with Gasteiger partial charge in [0.1, 0.15) is 0 Å². The summed E-state index contributed by atoms with van der Waals surface area (Å²) in [5, 5.41) is 7.91. The molecular formula is C19H30IN5S. The lowest BCUT2D eigenvalue weighted by Crippen LogP contribution is -2.42. The number of nitrogens with zero attached hydrogens (tertiary/aromatic N) is 3. The molecule has 0 fully saturated rings. The van der Waals surface area contributed by atoms with E-state index in [2.05, 4.69) is 70.5 Å². The molecule has 0 saturated heterocycles. The van der Waals surface area contributed by atoms with Gasteiger partial charge >= 0.3 is 0 Å². The van der Waals surface area contributed by atoms with Crippen LogP contribution in [0.2, 0.25) is 0 Å². The van der Waals surface area contributed by atoms with Gasteiger partial charge in [-0.15, -0.1) is 35.3 Å². The highest BCUT2D eigenvalue weighted by atomic mass is 127. The minimum absolute atomic E-state index is 0. The van der Waals surface area contributed by atoms with Crippen LogP contribution in [0, 0.1) is 13.8 Å². The Labute approximate surface area is 178 Å². The smallest absolute Gasteiger partial charge is 0.191 e. The Hall–Kier alpha value is -1.35. The quantitative estimate of drug-likeness (QED) is 0.340. The second-order valence-corrected chi connectivity index (χ2v) is 7.28. The maximum Gasteiger partial charge on any atom is 0.191 e. The highest BCUT2D eigenvalue weighted by Crippen LogP contribution is 2.15. The number of aryl methyl sites for hydroxylation is 2. The minimum atomic E-state index is 0. The van der Waals surface area contributed by atoms with Gasteiger partial charge in [-0.3, -0.25) is 4.99 Å². The van der Waals surface area contributed by atoms with Crippen molar-refractivity contribution in [1.82, 2.24) is 15.6 Å². The Kier molecular flexibility index (Phi) is 10.6. The van der Waals surface area contributed by atoms with Gasteiger partial charge in [-0.1, -0.05) is 12.1 Å². The maximum atomic E-state index is 4.39. The van der Waals surface area contributed by atoms with Gasteiger partial charge in [0.2, 0.25) is 0 Å². The highest BCUT2D eigenvalue weighted by molar-refractivity contribution is 14.0. The molecule has 0 unspecified atom stereocenters. The van der Waals surface area contributed by atoms with Gasteiger partial charge in [-0.05, 0) is 38.5 Å². The third-order valence-corrected chi connectivity index (χ3v) is 4.92. The molecular weight excluding hydrogens is 457 g/mol. The number of thiazole rings is 1. The first-order valence-corrected chi connectivity index (χ1v) is 9.61. The van der Waals surface area contributed by atoms with E-state index in [1.807, 2.05) is 6.20 Å². The van der Waals surface area contributed by atoms with Crippen molar-refractivity contribution in [2.24, 2.45) is 4.99 Å². The van der Waals surface area contributed by atoms with Gasteiger partial charge in [-0.25, -0.2) is 4.98 Å². The Morgan fingerprint density at radius 3 is 2.62 bits per heavy atom. The van der Waals surface area contributed by atoms with Crippen molar-refractivity contribution in [3.63, 3.8) is 0 Å². The number of guanidine groups is 1. The number of anilines is 1. The van der Waals surface area contributed by atoms with E-state index in [0.29, 0.717) is 0 Å². The lowest BCUT2D eigenvalue weighted by molar-refractivity contribution is 0.746. The number of aliphatic imine (C=N–C) groups is 1. The van der Waals surface area contributed by atoms with Crippen molar-refractivity contribution in [3.05, 3.63) is 45.9 Å². The van der Waals surface area contributed by atoms with Gasteiger partial charge in [0, 0.05) is 56.4 Å². The molecule has 0 amide bonds. The molecule has 1 heterocycles. The lowest BCUT2D eigenvalue weighted by Gasteiger charge is -2.24. The second kappa shape index (κ2) is 12.1. The summed E-state index contributed by atoms with van der Waals surface area (Å²) >= 11 is 1.75. The van der Waals surface area contributed by atoms with Crippen LogP contribution in [-0.2, 0) is 6.42 Å². The molecule has 0 saturated carbocycles. The first kappa shape index (κ1) is 22.7. The molecule has 0 aliphatic carbocycles. The largest absolute Gasteiger partial charge is 0.370 e. The standard InChI is InChI=1S/C19H29N5S.HI/c1-5-24(17-8-6-7-15(2)13-17)12-11-22-19(20-4)21-10-9-18-23-14-16(3)25-18;/h6-8,13-14H,5,9-12H2,1-4H3,(H2,20,21,22);1H. The molecule has 0 radical (unpaired) electrons. The van der Waals surface area contributed by atoms with Crippen LogP contribution in [0.4, 0.5) is 5.69 Å². The van der Waals surface area contributed by atoms with Crippen LogP contribution in [-0.4, -0.2) is 44.2 Å². The highest BCUT2D eigenvalue weighted by Gasteiger charge is 2.05. The van der Waals surface area contributed by atoms with Gasteiger partial charge in [-0.2, -0.15) is 0 Å². The molecule has 0 aliphatic heterocycles. The van der Waals surface area contributed by atoms with E-state index in [-0.39, 0.29) is 24.0 Å². The lowest BCUT2D eigenvalue weighted by atomic mass is 10.2. The molecule has 26 heavy (non-hydrogen) atoms. The van der Waals surface area contributed by atoms with E-state index in [9.17, 15) is 0 Å². The SMILES string of the molecule is CCN(CCNC(=NC)NCCc1ncc(C)s1)c1cccc(C)c1.I. The molecule has 0 bridgehead atoms. The number of hydrogen-bond donors (Lipinski definition) is 2. The van der Waals surface area contributed by atoms with Crippen LogP contribution in [0.25, 0.3) is 0 Å². The van der Waals surface area contributed by atoms with Crippen LogP contribution >= 0.6 is 35.3 Å². The van der Waals surface area contributed by atoms with E-state index in [1.54, 1.807) is 18.4 Å². The van der Waals surface area contributed by atoms with Crippen molar-refractivity contribution >= 4 is 47.0 Å². The molecule has 7 heteroatoms. The number of nitrogens with one attached hydrogen (secondary N) is 2. The van der Waals surface area contributed by atoms with Crippen LogP contribution in [0.3, 0.4) is 0 Å². The fraction of sp³-hybridized carbons (Fsp3) is 0.474. The Morgan fingerprint density at radius 2 is 2.00 bits per heavy atom. The summed E-state index contributed by atoms with van der Waals surface area (Å²) in [4.78, 5) is 12.3. The van der Waals surface area contributed by atoms with E-state index in [1.165, 1.54) is 16.1 Å². The van der Waals surface area contributed by atoms with Gasteiger partial charge < -0.3 is 15.5 Å². The molecule has 2 N–H and O–H groups in total. The third kappa shape index (κ3) is 7.49. The van der Waals surface area contributed by atoms with Crippen molar-refractivity contribution in [3.8, 4) is 0 Å². The van der Waals surface area contributed by atoms with Crippen molar-refractivity contribution in [2.75, 3.05) is 38.1 Å². The molecule has 1 aromatic heterocycles. The summed E-state index contributed by atoms with van der Waals surface area (Å²) < 4.78 is 0. The van der Waals surface area contributed by atoms with Crippen molar-refractivity contribution in [2.45, 2.75) is 27.2 Å². The summed E-state index contributed by atoms with van der Waals surface area (Å²) in [5.74, 6) is 0.841. The zero-order valence-electron chi connectivity index (χ0n) is 16.1. The third-order valence-electron chi connectivity index (χ3n) is 3.95. The van der Waals surface area contributed by atoms with Crippen LogP contribution < -0.4 is 15.5 Å². The first-order valence-electron chi connectivity index (χ1n) is 8.79. The van der Waals surface area contributed by atoms with Gasteiger partial charge in [0.25, 0.3) is 0 Å². The molecule has 2 aromatic rings. The number of halogens is 1. The van der Waals surface area contributed by atoms with Gasteiger partial charge in [0.15, 0.2) is 5.96 Å².